The molecule has 2 atom stereocenters. The highest BCUT2D eigenvalue weighted by Crippen LogP contribution is 2.35. The van der Waals surface area contributed by atoms with E-state index in [0.29, 0.717) is 18.4 Å². The summed E-state index contributed by atoms with van der Waals surface area (Å²) >= 11 is 0. The zero-order valence-electron chi connectivity index (χ0n) is 13.3. The van der Waals surface area contributed by atoms with Crippen LogP contribution < -0.4 is 4.90 Å². The average molecular weight is 288 g/mol. The number of hydrogen-bond acceptors (Lipinski definition) is 3. The van der Waals surface area contributed by atoms with Crippen LogP contribution in [0.15, 0.2) is 6.07 Å². The van der Waals surface area contributed by atoms with E-state index in [0.717, 1.165) is 12.2 Å². The largest absolute Gasteiger partial charge is 0.447 e. The molecule has 1 aromatic rings. The number of pyridine rings is 1. The van der Waals surface area contributed by atoms with Gasteiger partial charge in [0.1, 0.15) is 12.4 Å². The summed E-state index contributed by atoms with van der Waals surface area (Å²) in [6.07, 6.45) is 3.26. The lowest BCUT2D eigenvalue weighted by atomic mass is 9.85. The molecule has 1 amide bonds. The van der Waals surface area contributed by atoms with Crippen molar-refractivity contribution in [3.8, 4) is 0 Å². The van der Waals surface area contributed by atoms with Gasteiger partial charge in [0.25, 0.3) is 0 Å². The van der Waals surface area contributed by atoms with Gasteiger partial charge in [0.05, 0.1) is 6.04 Å². The van der Waals surface area contributed by atoms with Crippen molar-refractivity contribution < 1.29 is 9.53 Å². The van der Waals surface area contributed by atoms with Gasteiger partial charge in [0.2, 0.25) is 0 Å². The number of rotatable bonds is 2. The standard InChI is InChI=1S/C17H24N2O2/c1-10(2)14-9-21-17(20)19(14)15-8-12(4)13-7-5-6-11(3)16(13)18-15/h8,10-11,14H,5-7,9H2,1-4H3/t11-,14-/m1/s1. The first kappa shape index (κ1) is 14.4. The van der Waals surface area contributed by atoms with Gasteiger partial charge in [-0.2, -0.15) is 0 Å². The maximum atomic E-state index is 12.1. The first-order chi connectivity index (χ1) is 9.99. The van der Waals surface area contributed by atoms with Crippen molar-refractivity contribution in [2.24, 2.45) is 5.92 Å². The molecule has 4 nitrogen and oxygen atoms in total. The molecular formula is C17H24N2O2. The van der Waals surface area contributed by atoms with E-state index >= 15 is 0 Å². The molecule has 114 valence electrons. The molecule has 0 radical (unpaired) electrons. The fraction of sp³-hybridized carbons (Fsp3) is 0.647. The van der Waals surface area contributed by atoms with Crippen LogP contribution >= 0.6 is 0 Å². The first-order valence-corrected chi connectivity index (χ1v) is 7.95. The Morgan fingerprint density at radius 1 is 1.43 bits per heavy atom. The summed E-state index contributed by atoms with van der Waals surface area (Å²) in [5.41, 5.74) is 3.81. The Balaban J connectivity index is 2.04. The molecule has 1 aliphatic heterocycles. The molecule has 1 fully saturated rings. The van der Waals surface area contributed by atoms with Crippen molar-refractivity contribution in [3.63, 3.8) is 0 Å². The Hall–Kier alpha value is -1.58. The number of aromatic nitrogens is 1. The summed E-state index contributed by atoms with van der Waals surface area (Å²) in [6, 6.07) is 2.14. The maximum absolute atomic E-state index is 12.1. The Labute approximate surface area is 126 Å². The Morgan fingerprint density at radius 3 is 2.90 bits per heavy atom. The minimum Gasteiger partial charge on any atom is -0.447 e. The van der Waals surface area contributed by atoms with Gasteiger partial charge in [-0.05, 0) is 55.2 Å². The summed E-state index contributed by atoms with van der Waals surface area (Å²) in [5.74, 6) is 1.59. The zero-order valence-corrected chi connectivity index (χ0v) is 13.3. The lowest BCUT2D eigenvalue weighted by Gasteiger charge is -2.28. The average Bonchev–Trinajstić information content (AvgIpc) is 2.82. The van der Waals surface area contributed by atoms with E-state index in [1.807, 2.05) is 0 Å². The third kappa shape index (κ3) is 2.41. The molecule has 1 saturated heterocycles. The number of anilines is 1. The SMILES string of the molecule is Cc1cc(N2C(=O)OC[C@@H]2C(C)C)nc2c1CCC[C@H]2C. The second kappa shape index (κ2) is 5.32. The molecule has 2 aliphatic rings. The highest BCUT2D eigenvalue weighted by Gasteiger charge is 2.37. The summed E-state index contributed by atoms with van der Waals surface area (Å²) in [7, 11) is 0. The van der Waals surface area contributed by atoms with Gasteiger partial charge in [-0.25, -0.2) is 9.78 Å². The number of nitrogens with zero attached hydrogens (tertiary/aromatic N) is 2. The fourth-order valence-electron chi connectivity index (χ4n) is 3.47. The summed E-state index contributed by atoms with van der Waals surface area (Å²) in [6.45, 7) is 9.06. The number of amides is 1. The van der Waals surface area contributed by atoms with Crippen molar-refractivity contribution in [2.45, 2.75) is 58.9 Å². The minimum atomic E-state index is -0.260. The third-order valence-electron chi connectivity index (χ3n) is 4.82. The van der Waals surface area contributed by atoms with Gasteiger partial charge in [0.15, 0.2) is 0 Å². The summed E-state index contributed by atoms with van der Waals surface area (Å²) in [5, 5.41) is 0. The first-order valence-electron chi connectivity index (χ1n) is 7.95. The van der Waals surface area contributed by atoms with Gasteiger partial charge in [-0.15, -0.1) is 0 Å². The number of ether oxygens (including phenoxy) is 1. The molecule has 0 bridgehead atoms. The number of aryl methyl sites for hydroxylation is 1. The highest BCUT2D eigenvalue weighted by molar-refractivity contribution is 5.89. The lowest BCUT2D eigenvalue weighted by Crippen LogP contribution is -2.38. The normalized spacial score (nSPS) is 25.2. The van der Waals surface area contributed by atoms with Crippen LogP contribution in [0.5, 0.6) is 0 Å². The van der Waals surface area contributed by atoms with Crippen LogP contribution in [0.1, 0.15) is 56.4 Å². The second-order valence-corrected chi connectivity index (χ2v) is 6.71. The smallest absolute Gasteiger partial charge is 0.415 e. The molecule has 3 rings (SSSR count). The van der Waals surface area contributed by atoms with E-state index < -0.39 is 0 Å². The molecule has 0 N–H and O–H groups in total. The molecule has 1 aliphatic carbocycles. The van der Waals surface area contributed by atoms with E-state index in [4.69, 9.17) is 9.72 Å². The van der Waals surface area contributed by atoms with E-state index in [1.165, 1.54) is 29.7 Å². The Morgan fingerprint density at radius 2 is 2.19 bits per heavy atom. The molecule has 1 aromatic heterocycles. The molecule has 0 unspecified atom stereocenters. The van der Waals surface area contributed by atoms with Crippen molar-refractivity contribution in [2.75, 3.05) is 11.5 Å². The third-order valence-corrected chi connectivity index (χ3v) is 4.82. The van der Waals surface area contributed by atoms with Crippen LogP contribution in [0, 0.1) is 12.8 Å². The van der Waals surface area contributed by atoms with Crippen molar-refractivity contribution >= 4 is 11.9 Å². The predicted octanol–water partition coefficient (Wildman–Crippen LogP) is 3.81. The highest BCUT2D eigenvalue weighted by atomic mass is 16.6. The second-order valence-electron chi connectivity index (χ2n) is 6.71. The number of fused-ring (bicyclic) bond motifs is 1. The molecule has 21 heavy (non-hydrogen) atoms. The van der Waals surface area contributed by atoms with Crippen LogP contribution in [0.3, 0.4) is 0 Å². The number of carbonyl (C=O) groups is 1. The molecule has 0 aromatic carbocycles. The number of hydrogen-bond donors (Lipinski definition) is 0. The zero-order chi connectivity index (χ0) is 15.1. The number of cyclic esters (lactones) is 1. The van der Waals surface area contributed by atoms with Gasteiger partial charge >= 0.3 is 6.09 Å². The summed E-state index contributed by atoms with van der Waals surface area (Å²) in [4.78, 5) is 18.7. The Kier molecular flexibility index (Phi) is 3.64. The van der Waals surface area contributed by atoms with Crippen LogP contribution in [0.4, 0.5) is 10.6 Å². The summed E-state index contributed by atoms with van der Waals surface area (Å²) < 4.78 is 5.25. The van der Waals surface area contributed by atoms with Crippen molar-refractivity contribution in [1.82, 2.24) is 4.98 Å². The van der Waals surface area contributed by atoms with E-state index in [1.54, 1.807) is 4.90 Å². The van der Waals surface area contributed by atoms with Crippen LogP contribution in [-0.2, 0) is 11.2 Å². The van der Waals surface area contributed by atoms with E-state index in [2.05, 4.69) is 33.8 Å². The molecule has 0 saturated carbocycles. The van der Waals surface area contributed by atoms with Crippen LogP contribution in [-0.4, -0.2) is 23.7 Å². The quantitative estimate of drug-likeness (QED) is 0.831. The Bertz CT molecular complexity index is 568. The van der Waals surface area contributed by atoms with Crippen LogP contribution in [0.2, 0.25) is 0 Å². The fourth-order valence-corrected chi connectivity index (χ4v) is 3.47. The molecule has 2 heterocycles. The number of carbonyl (C=O) groups excluding carboxylic acids is 1. The van der Waals surface area contributed by atoms with Crippen molar-refractivity contribution in [1.29, 1.82) is 0 Å². The topological polar surface area (TPSA) is 42.4 Å². The molecular weight excluding hydrogens is 264 g/mol. The minimum absolute atomic E-state index is 0.0846. The molecule has 4 heteroatoms. The molecule has 0 spiro atoms. The predicted molar refractivity (Wildman–Crippen MR) is 82.8 cm³/mol. The van der Waals surface area contributed by atoms with Gasteiger partial charge in [-0.3, -0.25) is 4.90 Å². The van der Waals surface area contributed by atoms with E-state index in [9.17, 15) is 4.79 Å². The van der Waals surface area contributed by atoms with Gasteiger partial charge in [0, 0.05) is 5.69 Å². The monoisotopic (exact) mass is 288 g/mol. The maximum Gasteiger partial charge on any atom is 0.415 e. The lowest BCUT2D eigenvalue weighted by molar-refractivity contribution is 0.177. The van der Waals surface area contributed by atoms with Crippen molar-refractivity contribution in [3.05, 3.63) is 22.9 Å². The van der Waals surface area contributed by atoms with Crippen LogP contribution in [0.25, 0.3) is 0 Å². The van der Waals surface area contributed by atoms with Gasteiger partial charge in [-0.1, -0.05) is 20.8 Å². The van der Waals surface area contributed by atoms with Gasteiger partial charge < -0.3 is 4.74 Å². The van der Waals surface area contributed by atoms with E-state index in [-0.39, 0.29) is 12.1 Å².